The Balaban J connectivity index is 2.06. The van der Waals surface area contributed by atoms with E-state index < -0.39 is 5.60 Å². The molecule has 22 heavy (non-hydrogen) atoms. The SMILES string of the molecule is CCCOc1ccc(NC(=O)[C@](C)(OCC)C2CC2)cc1C. The van der Waals surface area contributed by atoms with Crippen molar-refractivity contribution >= 4 is 11.6 Å². The van der Waals surface area contributed by atoms with E-state index in [4.69, 9.17) is 9.47 Å². The minimum Gasteiger partial charge on any atom is -0.493 e. The molecule has 0 aliphatic heterocycles. The smallest absolute Gasteiger partial charge is 0.256 e. The van der Waals surface area contributed by atoms with Crippen LogP contribution >= 0.6 is 0 Å². The van der Waals surface area contributed by atoms with Gasteiger partial charge in [-0.05, 0) is 69.7 Å². The first-order valence-corrected chi connectivity index (χ1v) is 8.20. The maximum absolute atomic E-state index is 12.6. The van der Waals surface area contributed by atoms with Gasteiger partial charge in [0.15, 0.2) is 0 Å². The van der Waals surface area contributed by atoms with E-state index in [1.54, 1.807) is 0 Å². The normalized spacial score (nSPS) is 16.9. The van der Waals surface area contributed by atoms with Crippen molar-refractivity contribution in [1.82, 2.24) is 0 Å². The van der Waals surface area contributed by atoms with Crippen LogP contribution in [0.5, 0.6) is 5.75 Å². The zero-order valence-corrected chi connectivity index (χ0v) is 14.1. The van der Waals surface area contributed by atoms with E-state index >= 15 is 0 Å². The summed E-state index contributed by atoms with van der Waals surface area (Å²) in [4.78, 5) is 12.6. The number of carbonyl (C=O) groups excluding carboxylic acids is 1. The predicted molar refractivity (Wildman–Crippen MR) is 88.3 cm³/mol. The van der Waals surface area contributed by atoms with E-state index in [9.17, 15) is 4.79 Å². The number of hydrogen-bond donors (Lipinski definition) is 1. The van der Waals surface area contributed by atoms with Crippen LogP contribution in [0, 0.1) is 12.8 Å². The molecule has 1 N–H and O–H groups in total. The topological polar surface area (TPSA) is 47.6 Å². The fourth-order valence-corrected chi connectivity index (χ4v) is 2.66. The highest BCUT2D eigenvalue weighted by Gasteiger charge is 2.48. The van der Waals surface area contributed by atoms with Crippen molar-refractivity contribution in [1.29, 1.82) is 0 Å². The first kappa shape index (κ1) is 16.8. The number of aryl methyl sites for hydroxylation is 1. The zero-order valence-electron chi connectivity index (χ0n) is 14.1. The maximum atomic E-state index is 12.6. The third-order valence-electron chi connectivity index (χ3n) is 4.15. The molecule has 0 bridgehead atoms. The summed E-state index contributed by atoms with van der Waals surface area (Å²) >= 11 is 0. The number of benzene rings is 1. The molecule has 0 radical (unpaired) electrons. The van der Waals surface area contributed by atoms with Gasteiger partial charge in [0.2, 0.25) is 0 Å². The highest BCUT2D eigenvalue weighted by Crippen LogP contribution is 2.42. The van der Waals surface area contributed by atoms with Crippen LogP contribution in [0.4, 0.5) is 5.69 Å². The van der Waals surface area contributed by atoms with Crippen LogP contribution in [0.1, 0.15) is 45.6 Å². The second-order valence-corrected chi connectivity index (χ2v) is 6.10. The molecule has 1 amide bonds. The molecule has 4 heteroatoms. The molecule has 1 aromatic carbocycles. The Bertz CT molecular complexity index is 525. The first-order chi connectivity index (χ1) is 10.5. The molecule has 4 nitrogen and oxygen atoms in total. The summed E-state index contributed by atoms with van der Waals surface area (Å²) in [5, 5.41) is 2.99. The number of ether oxygens (including phenoxy) is 2. The monoisotopic (exact) mass is 305 g/mol. The van der Waals surface area contributed by atoms with Gasteiger partial charge in [0.25, 0.3) is 5.91 Å². The fraction of sp³-hybridized carbons (Fsp3) is 0.611. The summed E-state index contributed by atoms with van der Waals surface area (Å²) in [6.45, 7) is 9.15. The van der Waals surface area contributed by atoms with Crippen LogP contribution in [0.15, 0.2) is 18.2 Å². The summed E-state index contributed by atoms with van der Waals surface area (Å²) in [5.41, 5.74) is 1.09. The third-order valence-corrected chi connectivity index (χ3v) is 4.15. The highest BCUT2D eigenvalue weighted by atomic mass is 16.5. The molecular formula is C18H27NO3. The highest BCUT2D eigenvalue weighted by molar-refractivity contribution is 5.97. The van der Waals surface area contributed by atoms with Crippen molar-refractivity contribution in [3.8, 4) is 5.75 Å². The molecule has 2 rings (SSSR count). The van der Waals surface area contributed by atoms with Gasteiger partial charge < -0.3 is 14.8 Å². The van der Waals surface area contributed by atoms with E-state index in [-0.39, 0.29) is 5.91 Å². The zero-order chi connectivity index (χ0) is 16.2. The van der Waals surface area contributed by atoms with E-state index in [0.29, 0.717) is 19.1 Å². The molecule has 0 unspecified atom stereocenters. The molecule has 122 valence electrons. The minimum atomic E-state index is -0.722. The molecule has 0 aromatic heterocycles. The van der Waals surface area contributed by atoms with Gasteiger partial charge in [0, 0.05) is 12.3 Å². The Labute approximate surface area is 133 Å². The van der Waals surface area contributed by atoms with E-state index in [0.717, 1.165) is 36.3 Å². The van der Waals surface area contributed by atoms with Crippen LogP contribution in [0.3, 0.4) is 0 Å². The standard InChI is InChI=1S/C18H27NO3/c1-5-11-21-16-10-9-15(12-13(16)3)19-17(20)18(4,22-6-2)14-7-8-14/h9-10,12,14H,5-8,11H2,1-4H3,(H,19,20)/t18-/m1/s1. The third kappa shape index (κ3) is 3.80. The summed E-state index contributed by atoms with van der Waals surface area (Å²) in [6, 6.07) is 5.74. The Morgan fingerprint density at radius 2 is 2.09 bits per heavy atom. The first-order valence-electron chi connectivity index (χ1n) is 8.20. The second kappa shape index (κ2) is 7.14. The summed E-state index contributed by atoms with van der Waals surface area (Å²) in [5.74, 6) is 1.15. The quantitative estimate of drug-likeness (QED) is 0.791. The van der Waals surface area contributed by atoms with Crippen molar-refractivity contribution in [3.63, 3.8) is 0 Å². The average molecular weight is 305 g/mol. The minimum absolute atomic E-state index is 0.0570. The number of nitrogens with one attached hydrogen (secondary N) is 1. The van der Waals surface area contributed by atoms with Crippen LogP contribution in [0.2, 0.25) is 0 Å². The van der Waals surface area contributed by atoms with Gasteiger partial charge in [-0.2, -0.15) is 0 Å². The fourth-order valence-electron chi connectivity index (χ4n) is 2.66. The van der Waals surface area contributed by atoms with Gasteiger partial charge in [-0.1, -0.05) is 6.92 Å². The summed E-state index contributed by atoms with van der Waals surface area (Å²) < 4.78 is 11.4. The lowest BCUT2D eigenvalue weighted by Gasteiger charge is -2.28. The lowest BCUT2D eigenvalue weighted by atomic mass is 9.98. The Morgan fingerprint density at radius 1 is 1.36 bits per heavy atom. The average Bonchev–Trinajstić information content (AvgIpc) is 3.31. The Kier molecular flexibility index (Phi) is 5.46. The largest absolute Gasteiger partial charge is 0.493 e. The predicted octanol–water partition coefficient (Wildman–Crippen LogP) is 3.93. The van der Waals surface area contributed by atoms with Gasteiger partial charge in [0.05, 0.1) is 6.61 Å². The molecule has 1 saturated carbocycles. The number of hydrogen-bond acceptors (Lipinski definition) is 3. The van der Waals surface area contributed by atoms with Gasteiger partial charge in [0.1, 0.15) is 11.4 Å². The molecule has 1 fully saturated rings. The van der Waals surface area contributed by atoms with Gasteiger partial charge >= 0.3 is 0 Å². The van der Waals surface area contributed by atoms with Gasteiger partial charge in [-0.3, -0.25) is 4.79 Å². The van der Waals surface area contributed by atoms with Gasteiger partial charge in [-0.15, -0.1) is 0 Å². The molecule has 0 spiro atoms. The summed E-state index contributed by atoms with van der Waals surface area (Å²) in [6.07, 6.45) is 3.10. The number of carbonyl (C=O) groups is 1. The van der Waals surface area contributed by atoms with Gasteiger partial charge in [-0.25, -0.2) is 0 Å². The van der Waals surface area contributed by atoms with E-state index in [1.165, 1.54) is 0 Å². The molecule has 1 aliphatic rings. The lowest BCUT2D eigenvalue weighted by Crippen LogP contribution is -2.44. The number of amides is 1. The van der Waals surface area contributed by atoms with E-state index in [1.807, 2.05) is 39.0 Å². The van der Waals surface area contributed by atoms with Crippen LogP contribution < -0.4 is 10.1 Å². The van der Waals surface area contributed by atoms with Crippen LogP contribution in [-0.2, 0) is 9.53 Å². The molecule has 1 aliphatic carbocycles. The molecule has 0 saturated heterocycles. The lowest BCUT2D eigenvalue weighted by molar-refractivity contribution is -0.141. The molecule has 1 atom stereocenters. The number of rotatable bonds is 8. The van der Waals surface area contributed by atoms with Crippen molar-refractivity contribution in [3.05, 3.63) is 23.8 Å². The van der Waals surface area contributed by atoms with Crippen LogP contribution in [-0.4, -0.2) is 24.7 Å². The van der Waals surface area contributed by atoms with Crippen molar-refractivity contribution in [2.75, 3.05) is 18.5 Å². The van der Waals surface area contributed by atoms with E-state index in [2.05, 4.69) is 12.2 Å². The molecule has 1 aromatic rings. The molecule has 0 heterocycles. The number of anilines is 1. The molecular weight excluding hydrogens is 278 g/mol. The Hall–Kier alpha value is -1.55. The summed E-state index contributed by atoms with van der Waals surface area (Å²) in [7, 11) is 0. The van der Waals surface area contributed by atoms with Crippen molar-refractivity contribution in [2.24, 2.45) is 5.92 Å². The Morgan fingerprint density at radius 3 is 2.64 bits per heavy atom. The maximum Gasteiger partial charge on any atom is 0.256 e. The van der Waals surface area contributed by atoms with Crippen molar-refractivity contribution < 1.29 is 14.3 Å². The second-order valence-electron chi connectivity index (χ2n) is 6.10. The van der Waals surface area contributed by atoms with Crippen LogP contribution in [0.25, 0.3) is 0 Å². The van der Waals surface area contributed by atoms with Crippen molar-refractivity contribution in [2.45, 2.75) is 52.6 Å².